The van der Waals surface area contributed by atoms with Crippen LogP contribution in [-0.4, -0.2) is 20.6 Å². The van der Waals surface area contributed by atoms with Gasteiger partial charge in [0.1, 0.15) is 0 Å². The standard InChI is InChI=1S/C18H24N2/c1-4-5-15-19(2)16-11-13-18(14-12-16)20(3)17-9-7-6-8-10-17/h6-14H,4-5,15H2,1-3H3. The van der Waals surface area contributed by atoms with E-state index in [9.17, 15) is 0 Å². The highest BCUT2D eigenvalue weighted by molar-refractivity contribution is 5.64. The van der Waals surface area contributed by atoms with E-state index >= 15 is 0 Å². The monoisotopic (exact) mass is 268 g/mol. The lowest BCUT2D eigenvalue weighted by Gasteiger charge is -2.22. The van der Waals surface area contributed by atoms with E-state index in [0.29, 0.717) is 0 Å². The second-order valence-corrected chi connectivity index (χ2v) is 5.19. The van der Waals surface area contributed by atoms with Gasteiger partial charge in [-0.1, -0.05) is 31.5 Å². The fourth-order valence-corrected chi connectivity index (χ4v) is 2.26. The molecule has 0 spiro atoms. The lowest BCUT2D eigenvalue weighted by molar-refractivity contribution is 0.767. The van der Waals surface area contributed by atoms with Gasteiger partial charge in [0.05, 0.1) is 0 Å². The SMILES string of the molecule is CCCCN(C)c1ccc(N(C)c2ccccc2)cc1. The molecule has 2 nitrogen and oxygen atoms in total. The van der Waals surface area contributed by atoms with Crippen LogP contribution >= 0.6 is 0 Å². The summed E-state index contributed by atoms with van der Waals surface area (Å²) in [6.45, 7) is 3.34. The zero-order valence-electron chi connectivity index (χ0n) is 12.7. The highest BCUT2D eigenvalue weighted by Crippen LogP contribution is 2.25. The Morgan fingerprint density at radius 2 is 1.30 bits per heavy atom. The topological polar surface area (TPSA) is 6.48 Å². The Morgan fingerprint density at radius 1 is 0.750 bits per heavy atom. The number of para-hydroxylation sites is 1. The Morgan fingerprint density at radius 3 is 1.90 bits per heavy atom. The lowest BCUT2D eigenvalue weighted by atomic mass is 10.2. The molecule has 2 aromatic rings. The number of hydrogen-bond acceptors (Lipinski definition) is 2. The van der Waals surface area contributed by atoms with Crippen molar-refractivity contribution in [3.05, 3.63) is 54.6 Å². The third-order valence-electron chi connectivity index (χ3n) is 3.67. The van der Waals surface area contributed by atoms with E-state index in [-0.39, 0.29) is 0 Å². The Hall–Kier alpha value is -1.96. The summed E-state index contributed by atoms with van der Waals surface area (Å²) in [4.78, 5) is 4.52. The summed E-state index contributed by atoms with van der Waals surface area (Å²) in [5.41, 5.74) is 3.70. The molecule has 0 N–H and O–H groups in total. The molecule has 0 aliphatic heterocycles. The van der Waals surface area contributed by atoms with Crippen molar-refractivity contribution in [1.29, 1.82) is 0 Å². The molecule has 106 valence electrons. The van der Waals surface area contributed by atoms with Crippen molar-refractivity contribution in [2.45, 2.75) is 19.8 Å². The summed E-state index contributed by atoms with van der Waals surface area (Å²) in [5.74, 6) is 0. The first-order chi connectivity index (χ1) is 9.72. The van der Waals surface area contributed by atoms with Crippen molar-refractivity contribution >= 4 is 17.1 Å². The quantitative estimate of drug-likeness (QED) is 0.750. The predicted octanol–water partition coefficient (Wildman–Crippen LogP) is 4.69. The molecule has 0 unspecified atom stereocenters. The number of benzene rings is 2. The lowest BCUT2D eigenvalue weighted by Crippen LogP contribution is -2.18. The molecule has 0 fully saturated rings. The third-order valence-corrected chi connectivity index (χ3v) is 3.67. The molecule has 0 saturated carbocycles. The summed E-state index contributed by atoms with van der Waals surface area (Å²) in [6.07, 6.45) is 2.47. The maximum absolute atomic E-state index is 2.32. The maximum Gasteiger partial charge on any atom is 0.0409 e. The van der Waals surface area contributed by atoms with E-state index in [1.165, 1.54) is 29.9 Å². The summed E-state index contributed by atoms with van der Waals surface area (Å²) in [5, 5.41) is 0. The van der Waals surface area contributed by atoms with Gasteiger partial charge in [0, 0.05) is 37.7 Å². The van der Waals surface area contributed by atoms with Crippen LogP contribution in [0.5, 0.6) is 0 Å². The van der Waals surface area contributed by atoms with Gasteiger partial charge in [-0.15, -0.1) is 0 Å². The molecule has 0 amide bonds. The van der Waals surface area contributed by atoms with Gasteiger partial charge in [-0.2, -0.15) is 0 Å². The van der Waals surface area contributed by atoms with Crippen LogP contribution in [0.15, 0.2) is 54.6 Å². The number of anilines is 3. The van der Waals surface area contributed by atoms with E-state index in [2.05, 4.69) is 79.3 Å². The fourth-order valence-electron chi connectivity index (χ4n) is 2.26. The first kappa shape index (κ1) is 14.4. The summed E-state index contributed by atoms with van der Waals surface area (Å²) >= 11 is 0. The molecule has 0 saturated heterocycles. The minimum atomic E-state index is 1.12. The third kappa shape index (κ3) is 3.53. The molecule has 0 heterocycles. The van der Waals surface area contributed by atoms with Crippen LogP contribution in [0.3, 0.4) is 0 Å². The van der Waals surface area contributed by atoms with Crippen LogP contribution in [-0.2, 0) is 0 Å². The molecule has 20 heavy (non-hydrogen) atoms. The van der Waals surface area contributed by atoms with Gasteiger partial charge in [0.25, 0.3) is 0 Å². The van der Waals surface area contributed by atoms with Crippen LogP contribution in [0, 0.1) is 0 Å². The molecule has 0 aliphatic rings. The summed E-state index contributed by atoms with van der Waals surface area (Å²) in [7, 11) is 4.26. The first-order valence-electron chi connectivity index (χ1n) is 7.32. The number of rotatable bonds is 6. The number of hydrogen-bond donors (Lipinski definition) is 0. The van der Waals surface area contributed by atoms with Crippen molar-refractivity contribution in [2.24, 2.45) is 0 Å². The van der Waals surface area contributed by atoms with Gasteiger partial charge in [-0.05, 0) is 42.8 Å². The average molecular weight is 268 g/mol. The van der Waals surface area contributed by atoms with Gasteiger partial charge in [0.15, 0.2) is 0 Å². The number of unbranched alkanes of at least 4 members (excludes halogenated alkanes) is 1. The Balaban J connectivity index is 2.08. The summed E-state index contributed by atoms with van der Waals surface area (Å²) in [6, 6.07) is 19.2. The van der Waals surface area contributed by atoms with Crippen LogP contribution < -0.4 is 9.80 Å². The van der Waals surface area contributed by atoms with Crippen LogP contribution in [0.25, 0.3) is 0 Å². The molecule has 2 aromatic carbocycles. The van der Waals surface area contributed by atoms with Crippen LogP contribution in [0.4, 0.5) is 17.1 Å². The molecule has 0 atom stereocenters. The molecular formula is C18H24N2. The minimum absolute atomic E-state index is 1.12. The zero-order chi connectivity index (χ0) is 14.4. The largest absolute Gasteiger partial charge is 0.375 e. The van der Waals surface area contributed by atoms with E-state index in [4.69, 9.17) is 0 Å². The molecular weight excluding hydrogens is 244 g/mol. The molecule has 0 radical (unpaired) electrons. The zero-order valence-corrected chi connectivity index (χ0v) is 12.7. The Labute approximate surface area is 122 Å². The first-order valence-corrected chi connectivity index (χ1v) is 7.32. The van der Waals surface area contributed by atoms with Crippen LogP contribution in [0.1, 0.15) is 19.8 Å². The highest BCUT2D eigenvalue weighted by Gasteiger charge is 2.04. The Kier molecular flexibility index (Phi) is 5.05. The van der Waals surface area contributed by atoms with E-state index in [0.717, 1.165) is 6.54 Å². The highest BCUT2D eigenvalue weighted by atomic mass is 15.1. The van der Waals surface area contributed by atoms with E-state index < -0.39 is 0 Å². The van der Waals surface area contributed by atoms with Crippen LogP contribution in [0.2, 0.25) is 0 Å². The fraction of sp³-hybridized carbons (Fsp3) is 0.333. The minimum Gasteiger partial charge on any atom is -0.375 e. The van der Waals surface area contributed by atoms with Gasteiger partial charge in [-0.25, -0.2) is 0 Å². The van der Waals surface area contributed by atoms with Gasteiger partial charge >= 0.3 is 0 Å². The van der Waals surface area contributed by atoms with Crippen molar-refractivity contribution in [3.63, 3.8) is 0 Å². The molecule has 0 bridgehead atoms. The van der Waals surface area contributed by atoms with Crippen molar-refractivity contribution in [3.8, 4) is 0 Å². The smallest absolute Gasteiger partial charge is 0.0409 e. The maximum atomic E-state index is 2.32. The van der Waals surface area contributed by atoms with Crippen molar-refractivity contribution < 1.29 is 0 Å². The average Bonchev–Trinajstić information content (AvgIpc) is 2.53. The predicted molar refractivity (Wildman–Crippen MR) is 89.1 cm³/mol. The Bertz CT molecular complexity index is 505. The number of nitrogens with zero attached hydrogens (tertiary/aromatic N) is 2. The normalized spacial score (nSPS) is 10.3. The second kappa shape index (κ2) is 6.99. The molecule has 2 heteroatoms. The van der Waals surface area contributed by atoms with E-state index in [1.54, 1.807) is 0 Å². The van der Waals surface area contributed by atoms with Crippen molar-refractivity contribution in [2.75, 3.05) is 30.4 Å². The van der Waals surface area contributed by atoms with Gasteiger partial charge < -0.3 is 9.80 Å². The molecule has 2 rings (SSSR count). The molecule has 0 aromatic heterocycles. The van der Waals surface area contributed by atoms with Gasteiger partial charge in [0.2, 0.25) is 0 Å². The van der Waals surface area contributed by atoms with Gasteiger partial charge in [-0.3, -0.25) is 0 Å². The second-order valence-electron chi connectivity index (χ2n) is 5.19. The summed E-state index contributed by atoms with van der Waals surface area (Å²) < 4.78 is 0. The molecule has 0 aliphatic carbocycles. The van der Waals surface area contributed by atoms with Crippen molar-refractivity contribution in [1.82, 2.24) is 0 Å². The van der Waals surface area contributed by atoms with E-state index in [1.807, 2.05) is 6.07 Å².